The van der Waals surface area contributed by atoms with Gasteiger partial charge >= 0.3 is 0 Å². The van der Waals surface area contributed by atoms with E-state index in [1.54, 1.807) is 6.07 Å². The number of nitrogen functional groups attached to an aromatic ring is 1. The Balaban J connectivity index is 2.00. The second-order valence-electron chi connectivity index (χ2n) is 4.79. The van der Waals surface area contributed by atoms with Crippen LogP contribution in [-0.4, -0.2) is 26.6 Å². The van der Waals surface area contributed by atoms with Gasteiger partial charge in [-0.3, -0.25) is 4.79 Å². The number of primary sulfonamides is 1. The Hall–Kier alpha value is -1.80. The minimum Gasteiger partial charge on any atom is -0.397 e. The summed E-state index contributed by atoms with van der Waals surface area (Å²) in [6.07, 6.45) is 1.54. The first-order valence-corrected chi connectivity index (χ1v) is 8.03. The van der Waals surface area contributed by atoms with E-state index in [2.05, 4.69) is 10.6 Å². The lowest BCUT2D eigenvalue weighted by molar-refractivity contribution is -0.116. The van der Waals surface area contributed by atoms with Gasteiger partial charge in [-0.15, -0.1) is 0 Å². The van der Waals surface area contributed by atoms with Crippen molar-refractivity contribution in [1.29, 1.82) is 0 Å². The van der Waals surface area contributed by atoms with Gasteiger partial charge in [0.1, 0.15) is 0 Å². The highest BCUT2D eigenvalue weighted by molar-refractivity contribution is 7.89. The number of aryl methyl sites for hydroxylation is 1. The Labute approximate surface area is 117 Å². The number of hydrogen-bond donors (Lipinski definition) is 4. The average Bonchev–Trinajstić information content (AvgIpc) is 2.34. The number of carbonyl (C=O) groups is 1. The van der Waals surface area contributed by atoms with Crippen molar-refractivity contribution >= 4 is 33.0 Å². The monoisotopic (exact) mass is 298 g/mol. The molecular weight excluding hydrogens is 280 g/mol. The van der Waals surface area contributed by atoms with Gasteiger partial charge in [-0.2, -0.15) is 0 Å². The van der Waals surface area contributed by atoms with Crippen molar-refractivity contribution in [2.45, 2.75) is 19.3 Å². The number of nitrogens with two attached hydrogens (primary N) is 2. The van der Waals surface area contributed by atoms with E-state index in [0.29, 0.717) is 31.5 Å². The minimum absolute atomic E-state index is 0.00855. The van der Waals surface area contributed by atoms with E-state index in [4.69, 9.17) is 10.9 Å². The summed E-state index contributed by atoms with van der Waals surface area (Å²) in [7, 11) is -3.43. The van der Waals surface area contributed by atoms with E-state index in [9.17, 15) is 13.2 Å². The van der Waals surface area contributed by atoms with Crippen LogP contribution in [0.3, 0.4) is 0 Å². The third kappa shape index (κ3) is 3.84. The summed E-state index contributed by atoms with van der Waals surface area (Å²) < 4.78 is 21.6. The van der Waals surface area contributed by atoms with E-state index < -0.39 is 10.0 Å². The van der Waals surface area contributed by atoms with Crippen molar-refractivity contribution in [1.82, 2.24) is 0 Å². The summed E-state index contributed by atoms with van der Waals surface area (Å²) in [6, 6.07) is 3.61. The summed E-state index contributed by atoms with van der Waals surface area (Å²) in [4.78, 5) is 11.3. The quantitative estimate of drug-likeness (QED) is 0.457. The zero-order chi connectivity index (χ0) is 14.8. The number of rotatable bonds is 5. The van der Waals surface area contributed by atoms with Crippen molar-refractivity contribution in [2.24, 2.45) is 5.14 Å². The predicted octanol–water partition coefficient (Wildman–Crippen LogP) is 0.244. The van der Waals surface area contributed by atoms with Crippen LogP contribution in [0.1, 0.15) is 18.4 Å². The zero-order valence-electron chi connectivity index (χ0n) is 11.0. The molecule has 0 radical (unpaired) electrons. The van der Waals surface area contributed by atoms with Gasteiger partial charge in [0, 0.05) is 18.7 Å². The fraction of sp³-hybridized carbons (Fsp3) is 0.417. The molecule has 0 aliphatic carbocycles. The summed E-state index contributed by atoms with van der Waals surface area (Å²) in [5.74, 6) is -0.0771. The van der Waals surface area contributed by atoms with Gasteiger partial charge in [-0.25, -0.2) is 13.6 Å². The maximum absolute atomic E-state index is 11.3. The van der Waals surface area contributed by atoms with Crippen molar-refractivity contribution in [3.63, 3.8) is 0 Å². The Kier molecular flexibility index (Phi) is 4.15. The van der Waals surface area contributed by atoms with Crippen LogP contribution in [0.5, 0.6) is 0 Å². The summed E-state index contributed by atoms with van der Waals surface area (Å²) in [5, 5.41) is 10.8. The molecule has 1 aliphatic heterocycles. The molecule has 6 N–H and O–H groups in total. The maximum atomic E-state index is 11.3. The van der Waals surface area contributed by atoms with Crippen LogP contribution in [0, 0.1) is 0 Å². The molecule has 0 unspecified atom stereocenters. The second-order valence-corrected chi connectivity index (χ2v) is 6.53. The van der Waals surface area contributed by atoms with Gasteiger partial charge < -0.3 is 16.4 Å². The van der Waals surface area contributed by atoms with Crippen LogP contribution in [0.2, 0.25) is 0 Å². The van der Waals surface area contributed by atoms with E-state index in [-0.39, 0.29) is 11.7 Å². The first-order valence-electron chi connectivity index (χ1n) is 6.32. The molecule has 0 atom stereocenters. The van der Waals surface area contributed by atoms with Crippen molar-refractivity contribution in [2.75, 3.05) is 28.7 Å². The number of benzene rings is 1. The second kappa shape index (κ2) is 5.68. The first-order chi connectivity index (χ1) is 9.35. The number of carbonyl (C=O) groups excluding carboxylic acids is 1. The molecule has 110 valence electrons. The molecular formula is C12H18N4O3S. The molecule has 2 rings (SSSR count). The topological polar surface area (TPSA) is 127 Å². The van der Waals surface area contributed by atoms with Gasteiger partial charge in [-0.1, -0.05) is 0 Å². The molecule has 20 heavy (non-hydrogen) atoms. The molecule has 0 fully saturated rings. The third-order valence-electron chi connectivity index (χ3n) is 3.09. The number of amides is 1. The van der Waals surface area contributed by atoms with Crippen molar-refractivity contribution in [3.05, 3.63) is 17.7 Å². The summed E-state index contributed by atoms with van der Waals surface area (Å²) in [5.41, 5.74) is 8.93. The zero-order valence-corrected chi connectivity index (χ0v) is 11.8. The molecule has 1 amide bonds. The van der Waals surface area contributed by atoms with Gasteiger partial charge in [0.2, 0.25) is 15.9 Å². The largest absolute Gasteiger partial charge is 0.397 e. The molecule has 0 saturated heterocycles. The molecule has 1 aromatic carbocycles. The van der Waals surface area contributed by atoms with E-state index in [1.165, 1.54) is 0 Å². The van der Waals surface area contributed by atoms with Gasteiger partial charge in [0.15, 0.2) is 0 Å². The van der Waals surface area contributed by atoms with E-state index in [1.807, 2.05) is 6.07 Å². The van der Waals surface area contributed by atoms with Crippen LogP contribution in [0.25, 0.3) is 0 Å². The Morgan fingerprint density at radius 1 is 1.30 bits per heavy atom. The number of hydrogen-bond acceptors (Lipinski definition) is 5. The van der Waals surface area contributed by atoms with Crippen molar-refractivity contribution in [3.8, 4) is 0 Å². The van der Waals surface area contributed by atoms with Gasteiger partial charge in [0.05, 0.1) is 17.1 Å². The summed E-state index contributed by atoms with van der Waals surface area (Å²) in [6.45, 7) is 0.464. The van der Waals surface area contributed by atoms with Crippen LogP contribution >= 0.6 is 0 Å². The lowest BCUT2D eigenvalue weighted by Crippen LogP contribution is -2.20. The molecule has 0 spiro atoms. The Morgan fingerprint density at radius 3 is 2.75 bits per heavy atom. The van der Waals surface area contributed by atoms with Gasteiger partial charge in [0.25, 0.3) is 0 Å². The molecule has 7 nitrogen and oxygen atoms in total. The lowest BCUT2D eigenvalue weighted by atomic mass is 10.0. The maximum Gasteiger partial charge on any atom is 0.224 e. The Bertz CT molecular complexity index is 628. The van der Waals surface area contributed by atoms with Crippen LogP contribution in [0.4, 0.5) is 17.1 Å². The van der Waals surface area contributed by atoms with Crippen LogP contribution < -0.4 is 21.5 Å². The SMILES string of the molecule is Nc1cc2c(cc1NCCCS(N)(=O)=O)CCC(=O)N2. The van der Waals surface area contributed by atoms with Gasteiger partial charge in [-0.05, 0) is 30.5 Å². The molecule has 0 bridgehead atoms. The number of sulfonamides is 1. The molecule has 1 heterocycles. The van der Waals surface area contributed by atoms with Crippen molar-refractivity contribution < 1.29 is 13.2 Å². The molecule has 8 heteroatoms. The molecule has 0 saturated carbocycles. The predicted molar refractivity (Wildman–Crippen MR) is 78.9 cm³/mol. The number of fused-ring (bicyclic) bond motifs is 1. The number of nitrogens with one attached hydrogen (secondary N) is 2. The van der Waals surface area contributed by atoms with Crippen LogP contribution in [0.15, 0.2) is 12.1 Å². The molecule has 1 aliphatic rings. The highest BCUT2D eigenvalue weighted by Gasteiger charge is 2.16. The highest BCUT2D eigenvalue weighted by Crippen LogP contribution is 2.30. The summed E-state index contributed by atoms with van der Waals surface area (Å²) >= 11 is 0. The fourth-order valence-electron chi connectivity index (χ4n) is 2.09. The lowest BCUT2D eigenvalue weighted by Gasteiger charge is -2.19. The standard InChI is InChI=1S/C12H18N4O3S/c13-9-7-10-8(2-3-12(17)16-10)6-11(9)15-4-1-5-20(14,18)19/h6-7,15H,1-5,13H2,(H,16,17)(H2,14,18,19). The third-order valence-corrected chi connectivity index (χ3v) is 3.95. The average molecular weight is 298 g/mol. The highest BCUT2D eigenvalue weighted by atomic mass is 32.2. The molecule has 0 aromatic heterocycles. The van der Waals surface area contributed by atoms with E-state index >= 15 is 0 Å². The minimum atomic E-state index is -3.43. The fourth-order valence-corrected chi connectivity index (χ4v) is 2.64. The Morgan fingerprint density at radius 2 is 2.05 bits per heavy atom. The number of anilines is 3. The van der Waals surface area contributed by atoms with E-state index in [0.717, 1.165) is 16.9 Å². The first kappa shape index (κ1) is 14.6. The molecule has 1 aromatic rings. The normalized spacial score (nSPS) is 14.6. The smallest absolute Gasteiger partial charge is 0.224 e. The van der Waals surface area contributed by atoms with Crippen LogP contribution in [-0.2, 0) is 21.2 Å².